The first-order chi connectivity index (χ1) is 12.3. The molecule has 1 aromatic rings. The zero-order valence-electron chi connectivity index (χ0n) is 14.7. The van der Waals surface area contributed by atoms with Crippen molar-refractivity contribution in [1.82, 2.24) is 5.32 Å². The Kier molecular flexibility index (Phi) is 6.83. The molecule has 2 rings (SSSR count). The summed E-state index contributed by atoms with van der Waals surface area (Å²) in [5.41, 5.74) is 0.0513. The summed E-state index contributed by atoms with van der Waals surface area (Å²) in [6.07, 6.45) is 2.70. The summed E-state index contributed by atoms with van der Waals surface area (Å²) < 4.78 is 39.5. The van der Waals surface area contributed by atoms with Crippen LogP contribution in [0.15, 0.2) is 35.9 Å². The minimum absolute atomic E-state index is 0.308. The predicted octanol–water partition coefficient (Wildman–Crippen LogP) is 4.07. The first-order valence-corrected chi connectivity index (χ1v) is 8.68. The summed E-state index contributed by atoms with van der Waals surface area (Å²) in [7, 11) is 0. The van der Waals surface area contributed by atoms with Crippen LogP contribution in [0, 0.1) is 0 Å². The van der Waals surface area contributed by atoms with E-state index in [1.165, 1.54) is 30.2 Å². The molecule has 142 valence electrons. The molecule has 4 nitrogen and oxygen atoms in total. The Hall–Kier alpha value is -2.31. The quantitative estimate of drug-likeness (QED) is 0.770. The van der Waals surface area contributed by atoms with Crippen LogP contribution in [-0.4, -0.2) is 24.9 Å². The van der Waals surface area contributed by atoms with Crippen LogP contribution in [0.1, 0.15) is 44.6 Å². The summed E-state index contributed by atoms with van der Waals surface area (Å²) in [6.45, 7) is 1.12. The second-order valence-corrected chi connectivity index (χ2v) is 6.33. The minimum Gasteiger partial charge on any atom is -0.354 e. The van der Waals surface area contributed by atoms with Crippen LogP contribution in [0.5, 0.6) is 0 Å². The Balaban J connectivity index is 2.01. The van der Waals surface area contributed by atoms with Crippen LogP contribution in [0.25, 0.3) is 0 Å². The number of carbonyl (C=O) groups is 2. The molecule has 1 aromatic carbocycles. The van der Waals surface area contributed by atoms with Gasteiger partial charge in [0.15, 0.2) is 0 Å². The van der Waals surface area contributed by atoms with Gasteiger partial charge in [-0.05, 0) is 44.2 Å². The molecule has 1 aliphatic rings. The average molecular weight is 368 g/mol. The predicted molar refractivity (Wildman–Crippen MR) is 93.6 cm³/mol. The molecule has 0 heterocycles. The Morgan fingerprint density at radius 1 is 1.19 bits per heavy atom. The fourth-order valence-corrected chi connectivity index (χ4v) is 3.01. The summed E-state index contributed by atoms with van der Waals surface area (Å²) >= 11 is 0. The fourth-order valence-electron chi connectivity index (χ4n) is 3.01. The van der Waals surface area contributed by atoms with Crippen LogP contribution in [-0.2, 0) is 15.8 Å². The van der Waals surface area contributed by atoms with E-state index in [4.69, 9.17) is 0 Å². The number of rotatable bonds is 6. The number of hydrogen-bond acceptors (Lipinski definition) is 2. The van der Waals surface area contributed by atoms with E-state index < -0.39 is 30.1 Å². The molecule has 0 bridgehead atoms. The van der Waals surface area contributed by atoms with Gasteiger partial charge < -0.3 is 10.2 Å². The number of benzene rings is 1. The van der Waals surface area contributed by atoms with Gasteiger partial charge >= 0.3 is 6.18 Å². The van der Waals surface area contributed by atoms with E-state index in [0.29, 0.717) is 6.54 Å². The van der Waals surface area contributed by atoms with Crippen LogP contribution >= 0.6 is 0 Å². The molecule has 0 unspecified atom stereocenters. The SMILES string of the molecule is CC(=O)N(CC(=O)NCCC1=CCCCC1)c1ccccc1C(F)(F)F. The van der Waals surface area contributed by atoms with Crippen LogP contribution in [0.2, 0.25) is 0 Å². The van der Waals surface area contributed by atoms with Crippen molar-refractivity contribution in [2.75, 3.05) is 18.0 Å². The van der Waals surface area contributed by atoms with Gasteiger partial charge in [0.2, 0.25) is 11.8 Å². The number of alkyl halides is 3. The van der Waals surface area contributed by atoms with E-state index in [-0.39, 0.29) is 5.69 Å². The molecular formula is C19H23F3N2O2. The average Bonchev–Trinajstić information content (AvgIpc) is 2.59. The number of hydrogen-bond donors (Lipinski definition) is 1. The van der Waals surface area contributed by atoms with Crippen molar-refractivity contribution in [3.05, 3.63) is 41.5 Å². The molecule has 0 saturated carbocycles. The monoisotopic (exact) mass is 368 g/mol. The maximum absolute atomic E-state index is 13.2. The number of nitrogens with zero attached hydrogens (tertiary/aromatic N) is 1. The number of anilines is 1. The van der Waals surface area contributed by atoms with Gasteiger partial charge in [0.1, 0.15) is 6.54 Å². The second kappa shape index (κ2) is 8.87. The van der Waals surface area contributed by atoms with Crippen LogP contribution in [0.3, 0.4) is 0 Å². The third-order valence-corrected chi connectivity index (χ3v) is 4.34. The molecular weight excluding hydrogens is 345 g/mol. The molecule has 0 radical (unpaired) electrons. The number of carbonyl (C=O) groups excluding carboxylic acids is 2. The van der Waals surface area contributed by atoms with Gasteiger partial charge in [0, 0.05) is 13.5 Å². The number of halogens is 3. The second-order valence-electron chi connectivity index (χ2n) is 6.33. The lowest BCUT2D eigenvalue weighted by Gasteiger charge is -2.24. The lowest BCUT2D eigenvalue weighted by atomic mass is 9.97. The van der Waals surface area contributed by atoms with Crippen molar-refractivity contribution in [2.45, 2.75) is 45.2 Å². The number of nitrogens with one attached hydrogen (secondary N) is 1. The highest BCUT2D eigenvalue weighted by molar-refractivity contribution is 5.98. The van der Waals surface area contributed by atoms with E-state index in [9.17, 15) is 22.8 Å². The topological polar surface area (TPSA) is 49.4 Å². The van der Waals surface area contributed by atoms with E-state index in [0.717, 1.165) is 43.6 Å². The minimum atomic E-state index is -4.60. The van der Waals surface area contributed by atoms with Crippen molar-refractivity contribution < 1.29 is 22.8 Å². The molecule has 2 amide bonds. The maximum atomic E-state index is 13.2. The molecule has 7 heteroatoms. The maximum Gasteiger partial charge on any atom is 0.418 e. The molecule has 0 spiro atoms. The van der Waals surface area contributed by atoms with E-state index in [1.807, 2.05) is 0 Å². The number of para-hydroxylation sites is 1. The smallest absolute Gasteiger partial charge is 0.354 e. The standard InChI is InChI=1S/C19H23F3N2O2/c1-14(25)24(17-10-6-5-9-16(17)19(20,21)22)13-18(26)23-12-11-15-7-3-2-4-8-15/h5-7,9-10H,2-4,8,11-13H2,1H3,(H,23,26). The van der Waals surface area contributed by atoms with E-state index in [2.05, 4.69) is 11.4 Å². The highest BCUT2D eigenvalue weighted by atomic mass is 19.4. The molecule has 0 atom stereocenters. The third-order valence-electron chi connectivity index (χ3n) is 4.34. The molecule has 0 aromatic heterocycles. The van der Waals surface area contributed by atoms with Gasteiger partial charge in [-0.3, -0.25) is 9.59 Å². The van der Waals surface area contributed by atoms with Gasteiger partial charge in [-0.25, -0.2) is 0 Å². The Bertz CT molecular complexity index is 684. The lowest BCUT2D eigenvalue weighted by Crippen LogP contribution is -2.41. The van der Waals surface area contributed by atoms with Crippen molar-refractivity contribution in [3.8, 4) is 0 Å². The van der Waals surface area contributed by atoms with Crippen molar-refractivity contribution in [3.63, 3.8) is 0 Å². The summed E-state index contributed by atoms with van der Waals surface area (Å²) in [5.74, 6) is -1.10. The molecule has 0 fully saturated rings. The first-order valence-electron chi connectivity index (χ1n) is 8.68. The highest BCUT2D eigenvalue weighted by Crippen LogP contribution is 2.36. The summed E-state index contributed by atoms with van der Waals surface area (Å²) in [4.78, 5) is 24.8. The zero-order valence-corrected chi connectivity index (χ0v) is 14.7. The van der Waals surface area contributed by atoms with Gasteiger partial charge in [-0.15, -0.1) is 0 Å². The summed E-state index contributed by atoms with van der Waals surface area (Å²) in [6, 6.07) is 4.76. The molecule has 1 N–H and O–H groups in total. The van der Waals surface area contributed by atoms with Crippen molar-refractivity contribution in [2.24, 2.45) is 0 Å². The van der Waals surface area contributed by atoms with E-state index >= 15 is 0 Å². The van der Waals surface area contributed by atoms with Gasteiger partial charge in [-0.1, -0.05) is 23.8 Å². The van der Waals surface area contributed by atoms with Gasteiger partial charge in [-0.2, -0.15) is 13.2 Å². The summed E-state index contributed by atoms with van der Waals surface area (Å²) in [5, 5.41) is 2.69. The normalized spacial score (nSPS) is 14.5. The molecule has 1 aliphatic carbocycles. The fraction of sp³-hybridized carbons (Fsp3) is 0.474. The van der Waals surface area contributed by atoms with Gasteiger partial charge in [0.05, 0.1) is 11.3 Å². The lowest BCUT2D eigenvalue weighted by molar-refractivity contribution is -0.137. The Morgan fingerprint density at radius 3 is 2.54 bits per heavy atom. The van der Waals surface area contributed by atoms with Crippen LogP contribution < -0.4 is 10.2 Å². The number of amides is 2. The zero-order chi connectivity index (χ0) is 19.2. The molecule has 0 saturated heterocycles. The largest absolute Gasteiger partial charge is 0.418 e. The van der Waals surface area contributed by atoms with Crippen molar-refractivity contribution in [1.29, 1.82) is 0 Å². The molecule has 26 heavy (non-hydrogen) atoms. The van der Waals surface area contributed by atoms with Crippen LogP contribution in [0.4, 0.5) is 18.9 Å². The highest BCUT2D eigenvalue weighted by Gasteiger charge is 2.35. The van der Waals surface area contributed by atoms with E-state index in [1.54, 1.807) is 0 Å². The third kappa shape index (κ3) is 5.61. The molecule has 0 aliphatic heterocycles. The Morgan fingerprint density at radius 2 is 1.92 bits per heavy atom. The number of allylic oxidation sites excluding steroid dienone is 1. The van der Waals surface area contributed by atoms with Crippen molar-refractivity contribution >= 4 is 17.5 Å². The Labute approximate surface area is 151 Å². The van der Waals surface area contributed by atoms with Gasteiger partial charge in [0.25, 0.3) is 0 Å². The first kappa shape index (κ1) is 20.0.